The predicted molar refractivity (Wildman–Crippen MR) is 101 cm³/mol. The smallest absolute Gasteiger partial charge is 0.311 e. The second kappa shape index (κ2) is 9.49. The number of nitrogen functional groups attached to an aromatic ring is 1. The fraction of sp³-hybridized carbons (Fsp3) is 0.389. The van der Waals surface area contributed by atoms with Gasteiger partial charge >= 0.3 is 11.9 Å². The summed E-state index contributed by atoms with van der Waals surface area (Å²) >= 11 is 0. The molecule has 0 fully saturated rings. The molecule has 7 N–H and O–H groups in total. The monoisotopic (exact) mass is 392 g/mol. The summed E-state index contributed by atoms with van der Waals surface area (Å²) in [5.74, 6) is -3.66. The largest absolute Gasteiger partial charge is 0.481 e. The number of nitrogens with two attached hydrogens (primary N) is 1. The first-order valence-electron chi connectivity index (χ1n) is 8.42. The van der Waals surface area contributed by atoms with Crippen LogP contribution < -0.4 is 16.4 Å². The van der Waals surface area contributed by atoms with Crippen molar-refractivity contribution in [3.63, 3.8) is 0 Å². The lowest BCUT2D eigenvalue weighted by molar-refractivity contribution is -0.150. The van der Waals surface area contributed by atoms with Crippen molar-refractivity contribution in [3.8, 4) is 0 Å². The van der Waals surface area contributed by atoms with Gasteiger partial charge in [-0.2, -0.15) is 0 Å². The third-order valence-corrected chi connectivity index (χ3v) is 4.20. The zero-order chi connectivity index (χ0) is 21.5. The van der Waals surface area contributed by atoms with E-state index in [0.717, 1.165) is 0 Å². The van der Waals surface area contributed by atoms with Crippen molar-refractivity contribution in [2.24, 2.45) is 11.1 Å². The number of carbonyl (C=O) groups is 4. The molecule has 0 radical (unpaired) electrons. The van der Waals surface area contributed by atoms with Crippen LogP contribution in [-0.2, 0) is 19.2 Å². The molecule has 0 bridgehead atoms. The maximum absolute atomic E-state index is 12.1. The number of anilines is 1. The van der Waals surface area contributed by atoms with Gasteiger partial charge in [-0.1, -0.05) is 0 Å². The SMILES string of the molecule is CC(C)(C(=O)O)C(CC(=O)O)NC(=O)CCC(=O)Nc1ccc(C(=N)N)cc1. The Bertz CT molecular complexity index is 773. The van der Waals surface area contributed by atoms with Crippen molar-refractivity contribution in [2.45, 2.75) is 39.2 Å². The van der Waals surface area contributed by atoms with Crippen molar-refractivity contribution in [1.29, 1.82) is 5.41 Å². The topological polar surface area (TPSA) is 183 Å². The highest BCUT2D eigenvalue weighted by Crippen LogP contribution is 2.23. The molecule has 0 aliphatic rings. The lowest BCUT2D eigenvalue weighted by atomic mass is 9.82. The molecule has 0 aromatic heterocycles. The third kappa shape index (κ3) is 6.71. The van der Waals surface area contributed by atoms with Gasteiger partial charge in [0.25, 0.3) is 0 Å². The Hall–Kier alpha value is -3.43. The molecule has 0 aliphatic carbocycles. The van der Waals surface area contributed by atoms with Gasteiger partial charge in [-0.15, -0.1) is 0 Å². The lowest BCUT2D eigenvalue weighted by Gasteiger charge is -2.30. The summed E-state index contributed by atoms with van der Waals surface area (Å²) < 4.78 is 0. The fourth-order valence-corrected chi connectivity index (χ4v) is 2.26. The average molecular weight is 392 g/mol. The zero-order valence-electron chi connectivity index (χ0n) is 15.6. The molecule has 0 saturated heterocycles. The number of amides is 2. The van der Waals surface area contributed by atoms with Gasteiger partial charge in [0.1, 0.15) is 5.84 Å². The Morgan fingerprint density at radius 3 is 2.07 bits per heavy atom. The number of amidine groups is 1. The Kier molecular flexibility index (Phi) is 7.66. The Labute approximate surface area is 161 Å². The quantitative estimate of drug-likeness (QED) is 0.251. The van der Waals surface area contributed by atoms with Crippen LogP contribution in [0, 0.1) is 10.8 Å². The molecule has 1 aromatic rings. The normalized spacial score (nSPS) is 11.9. The number of benzene rings is 1. The van der Waals surface area contributed by atoms with Crippen LogP contribution >= 0.6 is 0 Å². The standard InChI is InChI=1S/C18H24N4O6/c1-18(2,17(27)28)12(9-15(25)26)22-14(24)8-7-13(23)21-11-5-3-10(4-6-11)16(19)20/h3-6,12H,7-9H2,1-2H3,(H3,19,20)(H,21,23)(H,22,24)(H,25,26)(H,27,28). The molecule has 28 heavy (non-hydrogen) atoms. The minimum atomic E-state index is -1.49. The van der Waals surface area contributed by atoms with E-state index in [0.29, 0.717) is 11.3 Å². The van der Waals surface area contributed by atoms with Crippen LogP contribution in [-0.4, -0.2) is 45.8 Å². The minimum absolute atomic E-state index is 0.102. The Morgan fingerprint density at radius 2 is 1.61 bits per heavy atom. The molecule has 10 nitrogen and oxygen atoms in total. The van der Waals surface area contributed by atoms with E-state index in [1.807, 2.05) is 0 Å². The minimum Gasteiger partial charge on any atom is -0.481 e. The van der Waals surface area contributed by atoms with Crippen LogP contribution in [0.4, 0.5) is 5.69 Å². The number of hydrogen-bond donors (Lipinski definition) is 6. The molecular weight excluding hydrogens is 368 g/mol. The first kappa shape index (κ1) is 22.6. The molecule has 1 rings (SSSR count). The van der Waals surface area contributed by atoms with Gasteiger partial charge in [0, 0.05) is 24.1 Å². The summed E-state index contributed by atoms with van der Waals surface area (Å²) in [4.78, 5) is 46.3. The highest BCUT2D eigenvalue weighted by atomic mass is 16.4. The number of hydrogen-bond acceptors (Lipinski definition) is 5. The van der Waals surface area contributed by atoms with E-state index >= 15 is 0 Å². The van der Waals surface area contributed by atoms with Crippen LogP contribution in [0.1, 0.15) is 38.7 Å². The molecule has 0 aliphatic heterocycles. The summed E-state index contributed by atoms with van der Waals surface area (Å²) in [6.45, 7) is 2.64. The first-order chi connectivity index (χ1) is 12.9. The van der Waals surface area contributed by atoms with Gasteiger partial charge in [0.15, 0.2) is 0 Å². The average Bonchev–Trinajstić information content (AvgIpc) is 2.59. The van der Waals surface area contributed by atoms with Crippen LogP contribution in [0.15, 0.2) is 24.3 Å². The summed E-state index contributed by atoms with van der Waals surface area (Å²) in [5, 5.41) is 30.5. The molecule has 1 aromatic carbocycles. The van der Waals surface area contributed by atoms with E-state index in [4.69, 9.17) is 16.2 Å². The molecule has 2 amide bonds. The molecule has 10 heteroatoms. The van der Waals surface area contributed by atoms with Crippen LogP contribution in [0.25, 0.3) is 0 Å². The molecule has 0 spiro atoms. The van der Waals surface area contributed by atoms with Crippen LogP contribution in [0.3, 0.4) is 0 Å². The van der Waals surface area contributed by atoms with Crippen LogP contribution in [0.5, 0.6) is 0 Å². The maximum atomic E-state index is 12.1. The van der Waals surface area contributed by atoms with Gasteiger partial charge in [-0.05, 0) is 38.1 Å². The second-order valence-electron chi connectivity index (χ2n) is 6.78. The zero-order valence-corrected chi connectivity index (χ0v) is 15.6. The third-order valence-electron chi connectivity index (χ3n) is 4.20. The number of aliphatic carboxylic acids is 2. The number of carboxylic acids is 2. The molecule has 152 valence electrons. The summed E-state index contributed by atoms with van der Waals surface area (Å²) in [6.07, 6.45) is -0.962. The summed E-state index contributed by atoms with van der Waals surface area (Å²) in [6, 6.07) is 5.13. The summed E-state index contributed by atoms with van der Waals surface area (Å²) in [5.41, 5.74) is 4.82. The van der Waals surface area contributed by atoms with Gasteiger partial charge in [-0.3, -0.25) is 24.6 Å². The van der Waals surface area contributed by atoms with Gasteiger partial charge in [0.05, 0.1) is 17.9 Å². The fourth-order valence-electron chi connectivity index (χ4n) is 2.26. The van der Waals surface area contributed by atoms with E-state index < -0.39 is 41.6 Å². The van der Waals surface area contributed by atoms with Gasteiger partial charge < -0.3 is 26.6 Å². The number of nitrogens with one attached hydrogen (secondary N) is 3. The Morgan fingerprint density at radius 1 is 1.07 bits per heavy atom. The number of carbonyl (C=O) groups excluding carboxylic acids is 2. The van der Waals surface area contributed by atoms with Crippen molar-refractivity contribution in [1.82, 2.24) is 5.32 Å². The molecule has 0 saturated carbocycles. The van der Waals surface area contributed by atoms with E-state index in [9.17, 15) is 24.3 Å². The van der Waals surface area contributed by atoms with E-state index in [1.54, 1.807) is 24.3 Å². The van der Waals surface area contributed by atoms with Crippen molar-refractivity contribution >= 4 is 35.3 Å². The van der Waals surface area contributed by atoms with Gasteiger partial charge in [-0.25, -0.2) is 0 Å². The summed E-state index contributed by atoms with van der Waals surface area (Å²) in [7, 11) is 0. The molecule has 1 atom stereocenters. The van der Waals surface area contributed by atoms with Crippen molar-refractivity contribution in [2.75, 3.05) is 5.32 Å². The number of carboxylic acid groups (broad SMARTS) is 2. The highest BCUT2D eigenvalue weighted by molar-refractivity contribution is 5.96. The highest BCUT2D eigenvalue weighted by Gasteiger charge is 2.39. The van der Waals surface area contributed by atoms with Crippen molar-refractivity contribution in [3.05, 3.63) is 29.8 Å². The van der Waals surface area contributed by atoms with E-state index in [1.165, 1.54) is 13.8 Å². The van der Waals surface area contributed by atoms with E-state index in [-0.39, 0.29) is 18.7 Å². The Balaban J connectivity index is 2.61. The van der Waals surface area contributed by atoms with Crippen molar-refractivity contribution < 1.29 is 29.4 Å². The van der Waals surface area contributed by atoms with Gasteiger partial charge in [0.2, 0.25) is 11.8 Å². The second-order valence-corrected chi connectivity index (χ2v) is 6.78. The first-order valence-corrected chi connectivity index (χ1v) is 8.42. The lowest BCUT2D eigenvalue weighted by Crippen LogP contribution is -2.50. The number of rotatable bonds is 10. The molecule has 1 unspecified atom stereocenters. The van der Waals surface area contributed by atoms with Crippen LogP contribution in [0.2, 0.25) is 0 Å². The molecule has 0 heterocycles. The van der Waals surface area contributed by atoms with E-state index in [2.05, 4.69) is 10.6 Å². The maximum Gasteiger partial charge on any atom is 0.311 e. The molecular formula is C18H24N4O6. The predicted octanol–water partition coefficient (Wildman–Crippen LogP) is 0.760.